The van der Waals surface area contributed by atoms with Crippen molar-refractivity contribution < 1.29 is 13.9 Å². The van der Waals surface area contributed by atoms with Crippen molar-refractivity contribution in [1.29, 1.82) is 0 Å². The highest BCUT2D eigenvalue weighted by Crippen LogP contribution is 2.32. The van der Waals surface area contributed by atoms with Gasteiger partial charge in [0.15, 0.2) is 5.65 Å². The van der Waals surface area contributed by atoms with Gasteiger partial charge in [0.2, 0.25) is 11.9 Å². The van der Waals surface area contributed by atoms with Crippen molar-refractivity contribution >= 4 is 17.5 Å². The van der Waals surface area contributed by atoms with Gasteiger partial charge in [-0.3, -0.25) is 14.1 Å². The van der Waals surface area contributed by atoms with Crippen molar-refractivity contribution in [3.63, 3.8) is 0 Å². The van der Waals surface area contributed by atoms with Gasteiger partial charge in [-0.15, -0.1) is 10.2 Å². The maximum atomic E-state index is 14.5. The van der Waals surface area contributed by atoms with E-state index >= 15 is 0 Å². The van der Waals surface area contributed by atoms with Crippen LogP contribution in [0.25, 0.3) is 5.65 Å². The lowest BCUT2D eigenvalue weighted by Gasteiger charge is -2.33. The van der Waals surface area contributed by atoms with Gasteiger partial charge in [-0.1, -0.05) is 13.8 Å². The fraction of sp³-hybridized carbons (Fsp3) is 0.520. The van der Waals surface area contributed by atoms with E-state index in [9.17, 15) is 9.18 Å². The van der Waals surface area contributed by atoms with Crippen LogP contribution < -0.4 is 10.1 Å². The lowest BCUT2D eigenvalue weighted by molar-refractivity contribution is -0.133. The smallest absolute Gasteiger partial charge is 0.236 e. The molecular formula is C25H32FN7O2. The summed E-state index contributed by atoms with van der Waals surface area (Å²) in [6.45, 7) is 8.72. The Labute approximate surface area is 204 Å². The first kappa shape index (κ1) is 23.5. The largest absolute Gasteiger partial charge is 0.493 e. The number of fused-ring (bicyclic) bond motifs is 2. The SMILES string of the molecule is CCN(CC)CC(=O)N1CCC(c2cnc(NCc3c(F)ccc4c3CCO4)n3cnnc23)CC1. The van der Waals surface area contributed by atoms with Crippen LogP contribution in [0.15, 0.2) is 24.7 Å². The minimum absolute atomic E-state index is 0.197. The minimum atomic E-state index is -0.249. The van der Waals surface area contributed by atoms with Gasteiger partial charge in [-0.25, -0.2) is 9.37 Å². The summed E-state index contributed by atoms with van der Waals surface area (Å²) in [5.41, 5.74) is 3.30. The van der Waals surface area contributed by atoms with Crippen LogP contribution in [0.2, 0.25) is 0 Å². The standard InChI is InChI=1S/C25H32FN7O2/c1-3-31(4-2)15-23(34)32-10-7-17(8-11-32)19-13-27-25(33-16-29-30-24(19)33)28-14-20-18-9-12-35-22(18)6-5-21(20)26/h5-6,13,16-17H,3-4,7-12,14-15H2,1-2H3,(H,27,28). The number of benzene rings is 1. The fourth-order valence-electron chi connectivity index (χ4n) is 5.11. The van der Waals surface area contributed by atoms with Crippen LogP contribution in [-0.2, 0) is 17.8 Å². The van der Waals surface area contributed by atoms with Gasteiger partial charge < -0.3 is 15.0 Å². The molecule has 2 aromatic heterocycles. The van der Waals surface area contributed by atoms with Crippen molar-refractivity contribution in [3.05, 3.63) is 47.2 Å². The summed E-state index contributed by atoms with van der Waals surface area (Å²) in [7, 11) is 0. The molecule has 0 aliphatic carbocycles. The van der Waals surface area contributed by atoms with Gasteiger partial charge in [-0.2, -0.15) is 0 Å². The molecule has 5 rings (SSSR count). The van der Waals surface area contributed by atoms with E-state index in [-0.39, 0.29) is 17.6 Å². The maximum Gasteiger partial charge on any atom is 0.236 e. The van der Waals surface area contributed by atoms with Crippen LogP contribution in [0.1, 0.15) is 49.3 Å². The number of hydrogen-bond donors (Lipinski definition) is 1. The number of piperidine rings is 1. The van der Waals surface area contributed by atoms with E-state index in [1.807, 2.05) is 15.5 Å². The zero-order chi connectivity index (χ0) is 24.4. The summed E-state index contributed by atoms with van der Waals surface area (Å²) in [5, 5.41) is 11.7. The molecule has 0 spiro atoms. The van der Waals surface area contributed by atoms with Crippen LogP contribution in [0.3, 0.4) is 0 Å². The van der Waals surface area contributed by atoms with Gasteiger partial charge in [0, 0.05) is 48.9 Å². The first-order chi connectivity index (χ1) is 17.1. The number of ether oxygens (including phenoxy) is 1. The molecule has 3 aromatic rings. The van der Waals surface area contributed by atoms with Gasteiger partial charge in [0.25, 0.3) is 0 Å². The first-order valence-corrected chi connectivity index (χ1v) is 12.4. The molecule has 0 unspecified atom stereocenters. The molecule has 1 fully saturated rings. The van der Waals surface area contributed by atoms with Gasteiger partial charge in [0.1, 0.15) is 17.9 Å². The van der Waals surface area contributed by atoms with E-state index in [0.29, 0.717) is 37.6 Å². The topological polar surface area (TPSA) is 87.9 Å². The van der Waals surface area contributed by atoms with E-state index < -0.39 is 0 Å². The van der Waals surface area contributed by atoms with Crippen LogP contribution in [0, 0.1) is 5.82 Å². The number of likely N-dealkylation sites (tertiary alicyclic amines) is 1. The molecule has 1 amide bonds. The molecule has 1 aromatic carbocycles. The van der Waals surface area contributed by atoms with E-state index in [4.69, 9.17) is 4.74 Å². The van der Waals surface area contributed by atoms with Gasteiger partial charge >= 0.3 is 0 Å². The Bertz CT molecular complexity index is 1200. The predicted molar refractivity (Wildman–Crippen MR) is 130 cm³/mol. The number of carbonyl (C=O) groups excluding carboxylic acids is 1. The monoisotopic (exact) mass is 481 g/mol. The summed E-state index contributed by atoms with van der Waals surface area (Å²) >= 11 is 0. The van der Waals surface area contributed by atoms with E-state index in [0.717, 1.165) is 61.5 Å². The average Bonchev–Trinajstić information content (AvgIpc) is 3.57. The van der Waals surface area contributed by atoms with Crippen LogP contribution in [0.4, 0.5) is 10.3 Å². The number of nitrogens with one attached hydrogen (secondary N) is 1. The molecule has 4 heterocycles. The highest BCUT2D eigenvalue weighted by molar-refractivity contribution is 5.78. The lowest BCUT2D eigenvalue weighted by Crippen LogP contribution is -2.43. The Morgan fingerprint density at radius 1 is 1.26 bits per heavy atom. The molecule has 0 atom stereocenters. The predicted octanol–water partition coefficient (Wildman–Crippen LogP) is 2.86. The summed E-state index contributed by atoms with van der Waals surface area (Å²) in [5.74, 6) is 1.52. The Hall–Kier alpha value is -3.27. The third kappa shape index (κ3) is 4.67. The zero-order valence-corrected chi connectivity index (χ0v) is 20.3. The number of hydrogen-bond acceptors (Lipinski definition) is 7. The molecule has 0 bridgehead atoms. The minimum Gasteiger partial charge on any atom is -0.493 e. The summed E-state index contributed by atoms with van der Waals surface area (Å²) < 4.78 is 21.9. The Morgan fingerprint density at radius 3 is 2.83 bits per heavy atom. The van der Waals surface area contributed by atoms with Crippen molar-refractivity contribution in [2.45, 2.75) is 45.6 Å². The van der Waals surface area contributed by atoms with Crippen LogP contribution in [-0.4, -0.2) is 74.6 Å². The number of anilines is 1. The summed E-state index contributed by atoms with van der Waals surface area (Å²) in [6.07, 6.45) is 5.91. The second kappa shape index (κ2) is 10.2. The molecule has 1 saturated heterocycles. The van der Waals surface area contributed by atoms with E-state index in [1.165, 1.54) is 6.07 Å². The van der Waals surface area contributed by atoms with Crippen molar-refractivity contribution in [2.24, 2.45) is 0 Å². The van der Waals surface area contributed by atoms with Gasteiger partial charge in [-0.05, 0) is 44.0 Å². The molecule has 186 valence electrons. The Kier molecular flexibility index (Phi) is 6.81. The van der Waals surface area contributed by atoms with Crippen molar-refractivity contribution in [2.75, 3.05) is 44.6 Å². The highest BCUT2D eigenvalue weighted by atomic mass is 19.1. The molecule has 0 radical (unpaired) electrons. The summed E-state index contributed by atoms with van der Waals surface area (Å²) in [4.78, 5) is 21.4. The Balaban J connectivity index is 1.27. The highest BCUT2D eigenvalue weighted by Gasteiger charge is 2.27. The van der Waals surface area contributed by atoms with Crippen molar-refractivity contribution in [3.8, 4) is 5.75 Å². The second-order valence-corrected chi connectivity index (χ2v) is 9.13. The number of rotatable bonds is 8. The average molecular weight is 482 g/mol. The zero-order valence-electron chi connectivity index (χ0n) is 20.3. The quantitative estimate of drug-likeness (QED) is 0.529. The fourth-order valence-corrected chi connectivity index (χ4v) is 5.11. The molecule has 35 heavy (non-hydrogen) atoms. The van der Waals surface area contributed by atoms with Crippen LogP contribution >= 0.6 is 0 Å². The first-order valence-electron chi connectivity index (χ1n) is 12.4. The third-order valence-corrected chi connectivity index (χ3v) is 7.26. The summed E-state index contributed by atoms with van der Waals surface area (Å²) in [6, 6.07) is 3.14. The third-order valence-electron chi connectivity index (χ3n) is 7.26. The normalized spacial score (nSPS) is 16.1. The van der Waals surface area contributed by atoms with E-state index in [2.05, 4.69) is 39.2 Å². The molecule has 2 aliphatic heterocycles. The van der Waals surface area contributed by atoms with Gasteiger partial charge in [0.05, 0.1) is 13.2 Å². The van der Waals surface area contributed by atoms with E-state index in [1.54, 1.807) is 12.4 Å². The van der Waals surface area contributed by atoms with Crippen molar-refractivity contribution in [1.82, 2.24) is 29.4 Å². The number of nitrogens with zero attached hydrogens (tertiary/aromatic N) is 6. The molecular weight excluding hydrogens is 449 g/mol. The lowest BCUT2D eigenvalue weighted by atomic mass is 9.90. The molecule has 10 heteroatoms. The Morgan fingerprint density at radius 2 is 2.06 bits per heavy atom. The number of likely N-dealkylation sites (N-methyl/N-ethyl adjacent to an activating group) is 1. The second-order valence-electron chi connectivity index (χ2n) is 9.13. The number of carbonyl (C=O) groups is 1. The van der Waals surface area contributed by atoms with Crippen LogP contribution in [0.5, 0.6) is 5.75 Å². The molecule has 2 aliphatic rings. The maximum absolute atomic E-state index is 14.5. The molecule has 9 nitrogen and oxygen atoms in total. The number of halogens is 1. The molecule has 1 N–H and O–H groups in total. The molecule has 0 saturated carbocycles. The number of amides is 1. The number of aromatic nitrogens is 4.